The van der Waals surface area contributed by atoms with Crippen molar-refractivity contribution in [2.24, 2.45) is 0 Å². The highest BCUT2D eigenvalue weighted by atomic mass is 14.2. The highest BCUT2D eigenvalue weighted by molar-refractivity contribution is 5.43. The van der Waals surface area contributed by atoms with E-state index in [1.54, 1.807) is 5.57 Å². The number of rotatable bonds is 3. The predicted octanol–water partition coefficient (Wildman–Crippen LogP) is 4.81. The summed E-state index contributed by atoms with van der Waals surface area (Å²) in [4.78, 5) is 0. The van der Waals surface area contributed by atoms with Crippen molar-refractivity contribution in [3.8, 4) is 0 Å². The Morgan fingerprint density at radius 1 is 1.21 bits per heavy atom. The SMILES string of the molecule is C=C/C=C(\C=C)C(C)=C1CCC1.CC. The largest absolute Gasteiger partial charge is 0.0990 e. The molecule has 0 aromatic carbocycles. The molecule has 1 fully saturated rings. The van der Waals surface area contributed by atoms with Crippen LogP contribution in [0.25, 0.3) is 0 Å². The molecule has 0 aromatic heterocycles. The van der Waals surface area contributed by atoms with Gasteiger partial charge in [-0.15, -0.1) is 0 Å². The molecular weight excluding hydrogens is 168 g/mol. The zero-order chi connectivity index (χ0) is 11.0. The summed E-state index contributed by atoms with van der Waals surface area (Å²) in [6, 6.07) is 0. The third-order valence-corrected chi connectivity index (χ3v) is 2.44. The van der Waals surface area contributed by atoms with Crippen LogP contribution in [-0.4, -0.2) is 0 Å². The second-order valence-corrected chi connectivity index (χ2v) is 3.14. The molecule has 0 radical (unpaired) electrons. The summed E-state index contributed by atoms with van der Waals surface area (Å²) in [6.45, 7) is 13.7. The third kappa shape index (κ3) is 3.37. The lowest BCUT2D eigenvalue weighted by molar-refractivity contribution is 0.653. The molecule has 0 nitrogen and oxygen atoms in total. The average molecular weight is 190 g/mol. The molecule has 78 valence electrons. The summed E-state index contributed by atoms with van der Waals surface area (Å²) in [5.41, 5.74) is 4.21. The first-order valence-corrected chi connectivity index (χ1v) is 5.43. The van der Waals surface area contributed by atoms with Crippen LogP contribution in [-0.2, 0) is 0 Å². The summed E-state index contributed by atoms with van der Waals surface area (Å²) in [5, 5.41) is 0. The minimum Gasteiger partial charge on any atom is -0.0990 e. The third-order valence-electron chi connectivity index (χ3n) is 2.44. The van der Waals surface area contributed by atoms with Gasteiger partial charge in [0.15, 0.2) is 0 Å². The Hall–Kier alpha value is -1.04. The van der Waals surface area contributed by atoms with Crippen LogP contribution >= 0.6 is 0 Å². The van der Waals surface area contributed by atoms with Crippen molar-refractivity contribution in [1.29, 1.82) is 0 Å². The second-order valence-electron chi connectivity index (χ2n) is 3.14. The van der Waals surface area contributed by atoms with Crippen LogP contribution in [0.15, 0.2) is 48.1 Å². The van der Waals surface area contributed by atoms with Gasteiger partial charge in [-0.3, -0.25) is 0 Å². The molecule has 0 spiro atoms. The second kappa shape index (κ2) is 7.37. The Balaban J connectivity index is 0.000000791. The average Bonchev–Trinajstić information content (AvgIpc) is 2.14. The molecule has 14 heavy (non-hydrogen) atoms. The van der Waals surface area contributed by atoms with Crippen molar-refractivity contribution in [3.63, 3.8) is 0 Å². The highest BCUT2D eigenvalue weighted by Gasteiger charge is 2.12. The van der Waals surface area contributed by atoms with Crippen LogP contribution in [0.2, 0.25) is 0 Å². The van der Waals surface area contributed by atoms with E-state index in [0.717, 1.165) is 0 Å². The van der Waals surface area contributed by atoms with E-state index < -0.39 is 0 Å². The van der Waals surface area contributed by atoms with Crippen molar-refractivity contribution in [1.82, 2.24) is 0 Å². The van der Waals surface area contributed by atoms with Gasteiger partial charge in [-0.1, -0.05) is 50.8 Å². The van der Waals surface area contributed by atoms with E-state index in [9.17, 15) is 0 Å². The van der Waals surface area contributed by atoms with Crippen LogP contribution in [0.4, 0.5) is 0 Å². The Kier molecular flexibility index (Phi) is 6.82. The standard InChI is InChI=1S/C12H16.C2H6/c1-4-7-11(5-2)10(3)12-8-6-9-12;1-2/h4-5,7H,1-2,6,8-9H2,3H3;1-2H3/b11-7+;. The maximum atomic E-state index is 3.79. The van der Waals surface area contributed by atoms with Gasteiger partial charge in [0.1, 0.15) is 0 Å². The molecule has 0 atom stereocenters. The van der Waals surface area contributed by atoms with E-state index in [2.05, 4.69) is 20.1 Å². The summed E-state index contributed by atoms with van der Waals surface area (Å²) in [7, 11) is 0. The Morgan fingerprint density at radius 3 is 2.07 bits per heavy atom. The fraction of sp³-hybridized carbons (Fsp3) is 0.429. The number of hydrogen-bond acceptors (Lipinski definition) is 0. The monoisotopic (exact) mass is 190 g/mol. The number of hydrogen-bond donors (Lipinski definition) is 0. The molecule has 1 saturated carbocycles. The maximum Gasteiger partial charge on any atom is -0.0234 e. The molecule has 0 heteroatoms. The van der Waals surface area contributed by atoms with E-state index in [4.69, 9.17) is 0 Å². The summed E-state index contributed by atoms with van der Waals surface area (Å²) >= 11 is 0. The van der Waals surface area contributed by atoms with Gasteiger partial charge >= 0.3 is 0 Å². The minimum atomic E-state index is 1.22. The molecule has 0 saturated heterocycles. The lowest BCUT2D eigenvalue weighted by Gasteiger charge is -2.20. The molecule has 0 unspecified atom stereocenters. The maximum absolute atomic E-state index is 3.79. The van der Waals surface area contributed by atoms with Crippen molar-refractivity contribution < 1.29 is 0 Å². The Labute approximate surface area is 88.7 Å². The Morgan fingerprint density at radius 2 is 1.79 bits per heavy atom. The van der Waals surface area contributed by atoms with Crippen molar-refractivity contribution >= 4 is 0 Å². The van der Waals surface area contributed by atoms with Crippen LogP contribution in [0.5, 0.6) is 0 Å². The molecule has 0 amide bonds. The van der Waals surface area contributed by atoms with Gasteiger partial charge in [0.25, 0.3) is 0 Å². The summed E-state index contributed by atoms with van der Waals surface area (Å²) < 4.78 is 0. The first kappa shape index (κ1) is 13.0. The van der Waals surface area contributed by atoms with Crippen molar-refractivity contribution in [2.75, 3.05) is 0 Å². The minimum absolute atomic E-state index is 1.22. The van der Waals surface area contributed by atoms with Gasteiger partial charge in [-0.2, -0.15) is 0 Å². The van der Waals surface area contributed by atoms with E-state index in [1.165, 1.54) is 30.4 Å². The summed E-state index contributed by atoms with van der Waals surface area (Å²) in [6.07, 6.45) is 9.64. The molecule has 0 N–H and O–H groups in total. The molecule has 0 aliphatic heterocycles. The van der Waals surface area contributed by atoms with Gasteiger partial charge in [0, 0.05) is 0 Å². The van der Waals surface area contributed by atoms with Crippen molar-refractivity contribution in [3.05, 3.63) is 48.1 Å². The van der Waals surface area contributed by atoms with E-state index in [0.29, 0.717) is 0 Å². The topological polar surface area (TPSA) is 0 Å². The molecular formula is C14H22. The fourth-order valence-electron chi connectivity index (χ4n) is 1.41. The van der Waals surface area contributed by atoms with Crippen molar-refractivity contribution in [2.45, 2.75) is 40.0 Å². The molecule has 1 aliphatic rings. The van der Waals surface area contributed by atoms with Crippen LogP contribution < -0.4 is 0 Å². The lowest BCUT2D eigenvalue weighted by atomic mass is 9.86. The molecule has 1 aliphatic carbocycles. The number of allylic oxidation sites excluding steroid dienone is 6. The van der Waals surface area contributed by atoms with Crippen LogP contribution in [0, 0.1) is 0 Å². The van der Waals surface area contributed by atoms with E-state index in [1.807, 2.05) is 32.1 Å². The smallest absolute Gasteiger partial charge is 0.0234 e. The van der Waals surface area contributed by atoms with E-state index in [-0.39, 0.29) is 0 Å². The van der Waals surface area contributed by atoms with Gasteiger partial charge < -0.3 is 0 Å². The molecule has 0 aromatic rings. The van der Waals surface area contributed by atoms with Gasteiger partial charge in [0.2, 0.25) is 0 Å². The van der Waals surface area contributed by atoms with Gasteiger partial charge in [-0.05, 0) is 37.3 Å². The predicted molar refractivity (Wildman–Crippen MR) is 66.4 cm³/mol. The quantitative estimate of drug-likeness (QED) is 0.560. The Bertz CT molecular complexity index is 245. The zero-order valence-corrected chi connectivity index (χ0v) is 9.77. The highest BCUT2D eigenvalue weighted by Crippen LogP contribution is 2.31. The molecule has 1 rings (SSSR count). The summed E-state index contributed by atoms with van der Waals surface area (Å²) in [5.74, 6) is 0. The first-order valence-electron chi connectivity index (χ1n) is 5.43. The van der Waals surface area contributed by atoms with Gasteiger partial charge in [0.05, 0.1) is 0 Å². The fourth-order valence-corrected chi connectivity index (χ4v) is 1.41. The lowest BCUT2D eigenvalue weighted by Crippen LogP contribution is -2.01. The van der Waals surface area contributed by atoms with Crippen LogP contribution in [0.1, 0.15) is 40.0 Å². The molecule has 0 bridgehead atoms. The van der Waals surface area contributed by atoms with Gasteiger partial charge in [-0.25, -0.2) is 0 Å². The van der Waals surface area contributed by atoms with E-state index >= 15 is 0 Å². The zero-order valence-electron chi connectivity index (χ0n) is 9.77. The van der Waals surface area contributed by atoms with Crippen LogP contribution in [0.3, 0.4) is 0 Å². The normalized spacial score (nSPS) is 14.8. The molecule has 0 heterocycles. The first-order chi connectivity index (χ1) is 6.79.